The van der Waals surface area contributed by atoms with Gasteiger partial charge in [-0.3, -0.25) is 4.98 Å². The first-order chi connectivity index (χ1) is 8.75. The normalized spacial score (nSPS) is 11.1. The minimum absolute atomic E-state index is 0.645. The van der Waals surface area contributed by atoms with Gasteiger partial charge in [0.2, 0.25) is 5.82 Å². The van der Waals surface area contributed by atoms with E-state index in [9.17, 15) is 0 Å². The van der Waals surface area contributed by atoms with E-state index in [2.05, 4.69) is 34.2 Å². The van der Waals surface area contributed by atoms with Gasteiger partial charge in [0.15, 0.2) is 0 Å². The van der Waals surface area contributed by atoms with Crippen molar-refractivity contribution in [2.45, 2.75) is 39.7 Å². The van der Waals surface area contributed by atoms with E-state index in [1.165, 1.54) is 12.8 Å². The Bertz CT molecular complexity index is 463. The Hall–Kier alpha value is -1.78. The molecule has 2 aromatic rings. The molecule has 0 spiro atoms. The van der Waals surface area contributed by atoms with Crippen molar-refractivity contribution in [3.8, 4) is 11.4 Å². The van der Waals surface area contributed by atoms with E-state index < -0.39 is 0 Å². The fraction of sp³-hybridized carbons (Fsp3) is 0.538. The van der Waals surface area contributed by atoms with Gasteiger partial charge >= 0.3 is 0 Å². The van der Waals surface area contributed by atoms with E-state index in [0.29, 0.717) is 5.82 Å². The molecule has 0 amide bonds. The molecule has 18 heavy (non-hydrogen) atoms. The van der Waals surface area contributed by atoms with Crippen LogP contribution in [-0.2, 0) is 6.54 Å². The van der Waals surface area contributed by atoms with Crippen molar-refractivity contribution in [1.82, 2.24) is 25.2 Å². The Balaban J connectivity index is 1.87. The molecule has 0 fully saturated rings. The first-order valence-corrected chi connectivity index (χ1v) is 6.44. The van der Waals surface area contributed by atoms with E-state index in [1.807, 2.05) is 12.1 Å². The molecular formula is C13H19N5. The molecule has 2 aromatic heterocycles. The van der Waals surface area contributed by atoms with E-state index >= 15 is 0 Å². The Labute approximate surface area is 107 Å². The van der Waals surface area contributed by atoms with Crippen LogP contribution in [-0.4, -0.2) is 25.2 Å². The predicted molar refractivity (Wildman–Crippen MR) is 69.7 cm³/mol. The Morgan fingerprint density at radius 2 is 2.17 bits per heavy atom. The quantitative estimate of drug-likeness (QED) is 0.734. The molecule has 0 bridgehead atoms. The van der Waals surface area contributed by atoms with Crippen molar-refractivity contribution >= 4 is 0 Å². The summed E-state index contributed by atoms with van der Waals surface area (Å²) >= 11 is 0. The molecule has 96 valence electrons. The second-order valence-electron chi connectivity index (χ2n) is 4.84. The molecule has 5 nitrogen and oxygen atoms in total. The summed E-state index contributed by atoms with van der Waals surface area (Å²) in [7, 11) is 0. The van der Waals surface area contributed by atoms with Gasteiger partial charge in [-0.25, -0.2) is 0 Å². The van der Waals surface area contributed by atoms with Crippen LogP contribution in [0, 0.1) is 5.92 Å². The van der Waals surface area contributed by atoms with Crippen molar-refractivity contribution in [3.05, 3.63) is 24.5 Å². The topological polar surface area (TPSA) is 56.5 Å². The van der Waals surface area contributed by atoms with Crippen LogP contribution >= 0.6 is 0 Å². The Morgan fingerprint density at radius 3 is 2.89 bits per heavy atom. The van der Waals surface area contributed by atoms with Gasteiger partial charge in [-0.2, -0.15) is 4.80 Å². The summed E-state index contributed by atoms with van der Waals surface area (Å²) in [4.78, 5) is 5.72. The van der Waals surface area contributed by atoms with Crippen molar-refractivity contribution in [3.63, 3.8) is 0 Å². The van der Waals surface area contributed by atoms with Crippen LogP contribution < -0.4 is 0 Å². The van der Waals surface area contributed by atoms with Gasteiger partial charge in [0.25, 0.3) is 0 Å². The molecule has 0 aromatic carbocycles. The highest BCUT2D eigenvalue weighted by molar-refractivity contribution is 5.51. The number of hydrogen-bond acceptors (Lipinski definition) is 4. The number of tetrazole rings is 1. The third-order valence-corrected chi connectivity index (χ3v) is 2.76. The molecule has 0 radical (unpaired) electrons. The monoisotopic (exact) mass is 245 g/mol. The Kier molecular flexibility index (Phi) is 4.39. The van der Waals surface area contributed by atoms with Gasteiger partial charge in [0, 0.05) is 18.0 Å². The maximum atomic E-state index is 4.35. The highest BCUT2D eigenvalue weighted by atomic mass is 15.6. The average molecular weight is 245 g/mol. The molecule has 5 heteroatoms. The zero-order chi connectivity index (χ0) is 12.8. The summed E-state index contributed by atoms with van der Waals surface area (Å²) in [5.41, 5.74) is 0.908. The number of hydrogen-bond donors (Lipinski definition) is 0. The Morgan fingerprint density at radius 1 is 1.28 bits per heavy atom. The molecule has 2 rings (SSSR count). The molecular weight excluding hydrogens is 226 g/mol. The molecule has 0 unspecified atom stereocenters. The minimum atomic E-state index is 0.645. The lowest BCUT2D eigenvalue weighted by Gasteiger charge is -2.02. The van der Waals surface area contributed by atoms with Crippen LogP contribution in [0.2, 0.25) is 0 Å². The number of unbranched alkanes of at least 4 members (excludes halogenated alkanes) is 1. The lowest BCUT2D eigenvalue weighted by Crippen LogP contribution is -2.03. The highest BCUT2D eigenvalue weighted by Gasteiger charge is 2.05. The van der Waals surface area contributed by atoms with Gasteiger partial charge < -0.3 is 0 Å². The first-order valence-electron chi connectivity index (χ1n) is 6.44. The van der Waals surface area contributed by atoms with Gasteiger partial charge in [-0.05, 0) is 29.7 Å². The second kappa shape index (κ2) is 6.23. The van der Waals surface area contributed by atoms with Gasteiger partial charge in [0.1, 0.15) is 0 Å². The van der Waals surface area contributed by atoms with Gasteiger partial charge in [0.05, 0.1) is 6.54 Å². The molecule has 0 aliphatic heterocycles. The SMILES string of the molecule is CC(C)CCCCn1nnc(-c2cccnc2)n1. The van der Waals surface area contributed by atoms with Crippen molar-refractivity contribution in [2.24, 2.45) is 5.92 Å². The standard InChI is InChI=1S/C13H19N5/c1-11(2)6-3-4-9-18-16-13(15-17-18)12-7-5-8-14-10-12/h5,7-8,10-11H,3-4,6,9H2,1-2H3. The second-order valence-corrected chi connectivity index (χ2v) is 4.84. The fourth-order valence-electron chi connectivity index (χ4n) is 1.75. The van der Waals surface area contributed by atoms with Crippen molar-refractivity contribution in [1.29, 1.82) is 0 Å². The predicted octanol–water partition coefficient (Wildman–Crippen LogP) is 2.56. The highest BCUT2D eigenvalue weighted by Crippen LogP contribution is 2.11. The maximum absolute atomic E-state index is 4.35. The van der Waals surface area contributed by atoms with E-state index in [1.54, 1.807) is 17.2 Å². The molecule has 2 heterocycles. The molecule has 0 aliphatic carbocycles. The number of nitrogens with zero attached hydrogens (tertiary/aromatic N) is 5. The first kappa shape index (κ1) is 12.7. The minimum Gasteiger partial charge on any atom is -0.264 e. The lowest BCUT2D eigenvalue weighted by molar-refractivity contribution is 0.456. The van der Waals surface area contributed by atoms with Crippen molar-refractivity contribution in [2.75, 3.05) is 0 Å². The van der Waals surface area contributed by atoms with Crippen LogP contribution in [0.3, 0.4) is 0 Å². The van der Waals surface area contributed by atoms with E-state index in [0.717, 1.165) is 24.4 Å². The van der Waals surface area contributed by atoms with Crippen LogP contribution in [0.15, 0.2) is 24.5 Å². The zero-order valence-corrected chi connectivity index (χ0v) is 11.0. The molecule has 0 N–H and O–H groups in total. The number of aromatic nitrogens is 5. The van der Waals surface area contributed by atoms with E-state index in [4.69, 9.17) is 0 Å². The fourth-order valence-corrected chi connectivity index (χ4v) is 1.75. The van der Waals surface area contributed by atoms with Crippen LogP contribution in [0.4, 0.5) is 0 Å². The summed E-state index contributed by atoms with van der Waals surface area (Å²) in [5.74, 6) is 1.41. The summed E-state index contributed by atoms with van der Waals surface area (Å²) in [5, 5.41) is 12.5. The van der Waals surface area contributed by atoms with Crippen LogP contribution in [0.1, 0.15) is 33.1 Å². The third kappa shape index (κ3) is 3.61. The molecule has 0 saturated carbocycles. The van der Waals surface area contributed by atoms with Crippen LogP contribution in [0.25, 0.3) is 11.4 Å². The molecule has 0 atom stereocenters. The number of aryl methyl sites for hydroxylation is 1. The summed E-state index contributed by atoms with van der Waals surface area (Å²) < 4.78 is 0. The number of pyridine rings is 1. The van der Waals surface area contributed by atoms with E-state index in [-0.39, 0.29) is 0 Å². The average Bonchev–Trinajstić information content (AvgIpc) is 2.84. The lowest BCUT2D eigenvalue weighted by atomic mass is 10.1. The summed E-state index contributed by atoms with van der Waals surface area (Å²) in [6.07, 6.45) is 7.05. The molecule has 0 aliphatic rings. The molecule has 0 saturated heterocycles. The van der Waals surface area contributed by atoms with Gasteiger partial charge in [-0.15, -0.1) is 10.2 Å². The zero-order valence-electron chi connectivity index (χ0n) is 11.0. The maximum Gasteiger partial charge on any atom is 0.206 e. The summed E-state index contributed by atoms with van der Waals surface area (Å²) in [6.45, 7) is 5.32. The summed E-state index contributed by atoms with van der Waals surface area (Å²) in [6, 6.07) is 3.81. The third-order valence-electron chi connectivity index (χ3n) is 2.76. The van der Waals surface area contributed by atoms with Gasteiger partial charge in [-0.1, -0.05) is 26.7 Å². The largest absolute Gasteiger partial charge is 0.264 e. The number of rotatable bonds is 6. The smallest absolute Gasteiger partial charge is 0.206 e. The van der Waals surface area contributed by atoms with Crippen molar-refractivity contribution < 1.29 is 0 Å². The van der Waals surface area contributed by atoms with Crippen LogP contribution in [0.5, 0.6) is 0 Å².